The third-order valence-corrected chi connectivity index (χ3v) is 4.19. The summed E-state index contributed by atoms with van der Waals surface area (Å²) in [4.78, 5) is 2.48. The molecule has 1 heterocycles. The van der Waals surface area contributed by atoms with E-state index in [0.717, 1.165) is 18.2 Å². The van der Waals surface area contributed by atoms with Crippen molar-refractivity contribution in [3.8, 4) is 0 Å². The van der Waals surface area contributed by atoms with Crippen molar-refractivity contribution in [2.75, 3.05) is 23.7 Å². The van der Waals surface area contributed by atoms with E-state index in [1.165, 1.54) is 49.9 Å². The minimum atomic E-state index is 0.922. The molecule has 1 aliphatic heterocycles. The maximum atomic E-state index is 6.22. The predicted molar refractivity (Wildman–Crippen MR) is 80.1 cm³/mol. The fourth-order valence-corrected chi connectivity index (χ4v) is 3.04. The third kappa shape index (κ3) is 2.98. The van der Waals surface area contributed by atoms with E-state index in [-0.39, 0.29) is 0 Å². The highest BCUT2D eigenvalue weighted by Crippen LogP contribution is 2.30. The van der Waals surface area contributed by atoms with Crippen molar-refractivity contribution in [1.29, 1.82) is 0 Å². The Kier molecular flexibility index (Phi) is 4.51. The zero-order chi connectivity index (χ0) is 13.0. The normalized spacial score (nSPS) is 20.8. The molecule has 1 aromatic carbocycles. The third-order valence-electron chi connectivity index (χ3n) is 4.19. The summed E-state index contributed by atoms with van der Waals surface area (Å²) in [6.07, 6.45) is 6.71. The van der Waals surface area contributed by atoms with Crippen LogP contribution in [0, 0.1) is 12.8 Å². The SMILES string of the molecule is CCCC1CCCN(c2cccc(C)c2N)CC1. The Bertz CT molecular complexity index is 387. The first-order valence-corrected chi connectivity index (χ1v) is 7.32. The van der Waals surface area contributed by atoms with Gasteiger partial charge in [-0.05, 0) is 43.7 Å². The summed E-state index contributed by atoms with van der Waals surface area (Å²) < 4.78 is 0. The second-order valence-electron chi connectivity index (χ2n) is 5.58. The molecule has 2 heteroatoms. The largest absolute Gasteiger partial charge is 0.397 e. The molecule has 2 N–H and O–H groups in total. The molecule has 0 aliphatic carbocycles. The van der Waals surface area contributed by atoms with Gasteiger partial charge in [-0.3, -0.25) is 0 Å². The molecule has 1 atom stereocenters. The molecule has 0 aromatic heterocycles. The highest BCUT2D eigenvalue weighted by Gasteiger charge is 2.18. The molecular formula is C16H26N2. The van der Waals surface area contributed by atoms with Crippen LogP contribution in [0.15, 0.2) is 18.2 Å². The second kappa shape index (κ2) is 6.12. The van der Waals surface area contributed by atoms with Crippen LogP contribution in [0.5, 0.6) is 0 Å². The smallest absolute Gasteiger partial charge is 0.0602 e. The minimum Gasteiger partial charge on any atom is -0.397 e. The molecule has 0 spiro atoms. The first kappa shape index (κ1) is 13.3. The van der Waals surface area contributed by atoms with Crippen LogP contribution >= 0.6 is 0 Å². The van der Waals surface area contributed by atoms with E-state index in [2.05, 4.69) is 36.9 Å². The lowest BCUT2D eigenvalue weighted by molar-refractivity contribution is 0.435. The Hall–Kier alpha value is -1.18. The number of anilines is 2. The van der Waals surface area contributed by atoms with Crippen LogP contribution < -0.4 is 10.6 Å². The summed E-state index contributed by atoms with van der Waals surface area (Å²) >= 11 is 0. The fraction of sp³-hybridized carbons (Fsp3) is 0.625. The Labute approximate surface area is 111 Å². The molecule has 18 heavy (non-hydrogen) atoms. The number of hydrogen-bond donors (Lipinski definition) is 1. The Balaban J connectivity index is 2.07. The van der Waals surface area contributed by atoms with E-state index in [1.807, 2.05) is 0 Å². The number of nitrogen functional groups attached to an aromatic ring is 1. The van der Waals surface area contributed by atoms with Crippen molar-refractivity contribution >= 4 is 11.4 Å². The standard InChI is InChI=1S/C16H26N2/c1-3-6-14-8-5-11-18(12-10-14)15-9-4-7-13(2)16(15)17/h4,7,9,14H,3,5-6,8,10-12,17H2,1-2H3. The number of hydrogen-bond acceptors (Lipinski definition) is 2. The van der Waals surface area contributed by atoms with Crippen LogP contribution in [0.2, 0.25) is 0 Å². The van der Waals surface area contributed by atoms with Gasteiger partial charge in [0.25, 0.3) is 0 Å². The molecular weight excluding hydrogens is 220 g/mol. The summed E-state index contributed by atoms with van der Waals surface area (Å²) in [5, 5.41) is 0. The molecule has 100 valence electrons. The molecule has 0 saturated carbocycles. The van der Waals surface area contributed by atoms with Crippen LogP contribution in [-0.4, -0.2) is 13.1 Å². The number of nitrogens with two attached hydrogens (primary N) is 1. The van der Waals surface area contributed by atoms with Crippen molar-refractivity contribution < 1.29 is 0 Å². The van der Waals surface area contributed by atoms with Gasteiger partial charge in [0.2, 0.25) is 0 Å². The molecule has 0 radical (unpaired) electrons. The molecule has 1 unspecified atom stereocenters. The maximum Gasteiger partial charge on any atom is 0.0602 e. The zero-order valence-corrected chi connectivity index (χ0v) is 11.8. The first-order valence-electron chi connectivity index (χ1n) is 7.32. The van der Waals surface area contributed by atoms with E-state index in [9.17, 15) is 0 Å². The van der Waals surface area contributed by atoms with Gasteiger partial charge in [-0.15, -0.1) is 0 Å². The summed E-state index contributed by atoms with van der Waals surface area (Å²) in [7, 11) is 0. The molecule has 1 fully saturated rings. The second-order valence-corrected chi connectivity index (χ2v) is 5.58. The van der Waals surface area contributed by atoms with Gasteiger partial charge in [0.05, 0.1) is 11.4 Å². The van der Waals surface area contributed by atoms with E-state index in [1.54, 1.807) is 0 Å². The number of aryl methyl sites for hydroxylation is 1. The van der Waals surface area contributed by atoms with Crippen LogP contribution in [0.3, 0.4) is 0 Å². The highest BCUT2D eigenvalue weighted by molar-refractivity contribution is 5.70. The van der Waals surface area contributed by atoms with Gasteiger partial charge in [0.15, 0.2) is 0 Å². The quantitative estimate of drug-likeness (QED) is 0.817. The molecule has 1 aliphatic rings. The number of para-hydroxylation sites is 1. The average molecular weight is 246 g/mol. The van der Waals surface area contributed by atoms with Crippen molar-refractivity contribution in [2.45, 2.75) is 46.0 Å². The van der Waals surface area contributed by atoms with Crippen LogP contribution in [-0.2, 0) is 0 Å². The summed E-state index contributed by atoms with van der Waals surface area (Å²) in [5.41, 5.74) is 9.62. The molecule has 2 rings (SSSR count). The van der Waals surface area contributed by atoms with Crippen LogP contribution in [0.4, 0.5) is 11.4 Å². The Morgan fingerprint density at radius 1 is 1.28 bits per heavy atom. The number of benzene rings is 1. The lowest BCUT2D eigenvalue weighted by Gasteiger charge is -2.25. The molecule has 2 nitrogen and oxygen atoms in total. The first-order chi connectivity index (χ1) is 8.72. The van der Waals surface area contributed by atoms with Crippen molar-refractivity contribution in [3.05, 3.63) is 23.8 Å². The highest BCUT2D eigenvalue weighted by atomic mass is 15.1. The van der Waals surface area contributed by atoms with Crippen molar-refractivity contribution in [2.24, 2.45) is 5.92 Å². The van der Waals surface area contributed by atoms with Crippen LogP contribution in [0.25, 0.3) is 0 Å². The fourth-order valence-electron chi connectivity index (χ4n) is 3.04. The number of nitrogens with zero attached hydrogens (tertiary/aromatic N) is 1. The minimum absolute atomic E-state index is 0.922. The van der Waals surface area contributed by atoms with E-state index >= 15 is 0 Å². The zero-order valence-electron chi connectivity index (χ0n) is 11.8. The van der Waals surface area contributed by atoms with Gasteiger partial charge in [0.1, 0.15) is 0 Å². The summed E-state index contributed by atoms with van der Waals surface area (Å²) in [6.45, 7) is 6.71. The van der Waals surface area contributed by atoms with Gasteiger partial charge in [0, 0.05) is 13.1 Å². The van der Waals surface area contributed by atoms with E-state index < -0.39 is 0 Å². The lowest BCUT2D eigenvalue weighted by atomic mass is 9.96. The van der Waals surface area contributed by atoms with Crippen molar-refractivity contribution in [1.82, 2.24) is 0 Å². The van der Waals surface area contributed by atoms with Gasteiger partial charge in [-0.1, -0.05) is 31.9 Å². The van der Waals surface area contributed by atoms with E-state index in [4.69, 9.17) is 5.73 Å². The molecule has 0 amide bonds. The summed E-state index contributed by atoms with van der Waals surface area (Å²) in [5.74, 6) is 0.922. The van der Waals surface area contributed by atoms with Gasteiger partial charge < -0.3 is 10.6 Å². The van der Waals surface area contributed by atoms with Crippen molar-refractivity contribution in [3.63, 3.8) is 0 Å². The predicted octanol–water partition coefficient (Wildman–Crippen LogP) is 3.98. The lowest BCUT2D eigenvalue weighted by Crippen LogP contribution is -2.25. The van der Waals surface area contributed by atoms with Crippen LogP contribution in [0.1, 0.15) is 44.6 Å². The van der Waals surface area contributed by atoms with E-state index in [0.29, 0.717) is 0 Å². The molecule has 1 aromatic rings. The van der Waals surface area contributed by atoms with Gasteiger partial charge in [-0.2, -0.15) is 0 Å². The molecule has 1 saturated heterocycles. The monoisotopic (exact) mass is 246 g/mol. The summed E-state index contributed by atoms with van der Waals surface area (Å²) in [6, 6.07) is 6.38. The maximum absolute atomic E-state index is 6.22. The van der Waals surface area contributed by atoms with Gasteiger partial charge in [-0.25, -0.2) is 0 Å². The average Bonchev–Trinajstić information content (AvgIpc) is 2.59. The topological polar surface area (TPSA) is 29.3 Å². The Morgan fingerprint density at radius 2 is 2.11 bits per heavy atom. The number of rotatable bonds is 3. The Morgan fingerprint density at radius 3 is 2.89 bits per heavy atom. The van der Waals surface area contributed by atoms with Gasteiger partial charge >= 0.3 is 0 Å². The molecule has 0 bridgehead atoms.